The largest absolute Gasteiger partial charge is 0.497 e. The van der Waals surface area contributed by atoms with E-state index in [9.17, 15) is 4.79 Å². The predicted octanol–water partition coefficient (Wildman–Crippen LogP) is 2.77. The fraction of sp³-hybridized carbons (Fsp3) is 0.455. The molecule has 2 saturated heterocycles. The Hall–Kier alpha value is -2.44. The molecule has 2 aliphatic heterocycles. The summed E-state index contributed by atoms with van der Waals surface area (Å²) in [4.78, 5) is 21.5. The van der Waals surface area contributed by atoms with Gasteiger partial charge in [0.2, 0.25) is 0 Å². The van der Waals surface area contributed by atoms with Crippen LogP contribution in [0.25, 0.3) is 0 Å². The van der Waals surface area contributed by atoms with Crippen LogP contribution in [-0.2, 0) is 4.74 Å². The third-order valence-corrected chi connectivity index (χ3v) is 5.99. The predicted molar refractivity (Wildman–Crippen MR) is 106 cm³/mol. The Balaban J connectivity index is 1.37. The number of amides is 1. The van der Waals surface area contributed by atoms with Crippen LogP contribution in [0.1, 0.15) is 34.8 Å². The van der Waals surface area contributed by atoms with Gasteiger partial charge in [-0.05, 0) is 48.7 Å². The summed E-state index contributed by atoms with van der Waals surface area (Å²) in [5.74, 6) is 0.866. The first-order valence-corrected chi connectivity index (χ1v) is 9.83. The maximum absolute atomic E-state index is 12.8. The number of benzene rings is 1. The van der Waals surface area contributed by atoms with Crippen molar-refractivity contribution >= 4 is 5.91 Å². The van der Waals surface area contributed by atoms with Crippen LogP contribution in [0.15, 0.2) is 48.8 Å². The first-order valence-electron chi connectivity index (χ1n) is 9.83. The van der Waals surface area contributed by atoms with Crippen molar-refractivity contribution in [3.8, 4) is 5.75 Å². The molecule has 1 aromatic heterocycles. The van der Waals surface area contributed by atoms with E-state index in [0.29, 0.717) is 6.04 Å². The quantitative estimate of drug-likeness (QED) is 0.797. The van der Waals surface area contributed by atoms with Crippen molar-refractivity contribution in [2.45, 2.75) is 31.0 Å². The zero-order chi connectivity index (χ0) is 19.5. The number of nitrogens with zero attached hydrogens (tertiary/aromatic N) is 3. The molecule has 1 amide bonds. The van der Waals surface area contributed by atoms with Crippen LogP contribution in [0.2, 0.25) is 0 Å². The molecule has 6 heteroatoms. The lowest BCUT2D eigenvalue weighted by atomic mass is 9.87. The molecular formula is C22H27N3O3. The average Bonchev–Trinajstić information content (AvgIpc) is 2.74. The molecule has 28 heavy (non-hydrogen) atoms. The summed E-state index contributed by atoms with van der Waals surface area (Å²) in [6.07, 6.45) is 5.91. The number of aromatic nitrogens is 1. The van der Waals surface area contributed by atoms with Gasteiger partial charge in [-0.15, -0.1) is 0 Å². The summed E-state index contributed by atoms with van der Waals surface area (Å²) in [7, 11) is 3.41. The van der Waals surface area contributed by atoms with E-state index in [0.717, 1.165) is 43.8 Å². The van der Waals surface area contributed by atoms with Gasteiger partial charge in [-0.25, -0.2) is 0 Å². The Morgan fingerprint density at radius 1 is 1.11 bits per heavy atom. The van der Waals surface area contributed by atoms with E-state index in [1.807, 2.05) is 41.4 Å². The number of likely N-dealkylation sites (tertiary alicyclic amines) is 2. The van der Waals surface area contributed by atoms with Crippen LogP contribution >= 0.6 is 0 Å². The molecule has 0 N–H and O–H groups in total. The fourth-order valence-corrected chi connectivity index (χ4v) is 4.35. The minimum Gasteiger partial charge on any atom is -0.497 e. The monoisotopic (exact) mass is 381 g/mol. The molecule has 1 aromatic carbocycles. The smallest absolute Gasteiger partial charge is 0.253 e. The lowest BCUT2D eigenvalue weighted by Crippen LogP contribution is -2.60. The van der Waals surface area contributed by atoms with E-state index in [2.05, 4.69) is 16.0 Å². The SMILES string of the molecule is COc1ccc(C(=O)N2CCC(N3C[C@H](OC)[C@@H]3c3cccnc3)CC2)cc1. The van der Waals surface area contributed by atoms with Crippen molar-refractivity contribution in [1.29, 1.82) is 0 Å². The molecule has 148 valence electrons. The van der Waals surface area contributed by atoms with Gasteiger partial charge in [0.25, 0.3) is 5.91 Å². The maximum Gasteiger partial charge on any atom is 0.253 e. The number of carbonyl (C=O) groups is 1. The van der Waals surface area contributed by atoms with Crippen LogP contribution in [0, 0.1) is 0 Å². The Morgan fingerprint density at radius 3 is 2.46 bits per heavy atom. The van der Waals surface area contributed by atoms with Gasteiger partial charge in [0.05, 0.1) is 19.3 Å². The molecule has 0 bridgehead atoms. The lowest BCUT2D eigenvalue weighted by molar-refractivity contribution is -0.115. The second kappa shape index (κ2) is 8.29. The Bertz CT molecular complexity index is 788. The molecular weight excluding hydrogens is 354 g/mol. The first kappa shape index (κ1) is 18.9. The molecule has 0 radical (unpaired) electrons. The van der Waals surface area contributed by atoms with Gasteiger partial charge >= 0.3 is 0 Å². The van der Waals surface area contributed by atoms with Gasteiger partial charge in [-0.1, -0.05) is 6.07 Å². The second-order valence-electron chi connectivity index (χ2n) is 7.45. The molecule has 0 unspecified atom stereocenters. The van der Waals surface area contributed by atoms with Crippen molar-refractivity contribution in [3.05, 3.63) is 59.9 Å². The number of carbonyl (C=O) groups excluding carboxylic acids is 1. The normalized spacial score (nSPS) is 23.3. The van der Waals surface area contributed by atoms with Crippen LogP contribution in [0.5, 0.6) is 5.75 Å². The summed E-state index contributed by atoms with van der Waals surface area (Å²) in [5.41, 5.74) is 1.92. The standard InChI is InChI=1S/C22H27N3O3/c1-27-19-7-5-16(6-8-19)22(26)24-12-9-18(10-13-24)25-15-20(28-2)21(25)17-4-3-11-23-14-17/h3-8,11,14,18,20-21H,9-10,12-13,15H2,1-2H3/t20-,21-/m0/s1. The maximum atomic E-state index is 12.8. The Labute approximate surface area is 166 Å². The zero-order valence-corrected chi connectivity index (χ0v) is 16.5. The number of piperidine rings is 1. The van der Waals surface area contributed by atoms with Crippen molar-refractivity contribution in [2.75, 3.05) is 33.9 Å². The van der Waals surface area contributed by atoms with E-state index in [-0.39, 0.29) is 18.1 Å². The van der Waals surface area contributed by atoms with Gasteiger partial charge in [-0.3, -0.25) is 14.7 Å². The lowest BCUT2D eigenvalue weighted by Gasteiger charge is -2.52. The molecule has 3 heterocycles. The third-order valence-electron chi connectivity index (χ3n) is 5.99. The van der Waals surface area contributed by atoms with Gasteiger partial charge in [0.1, 0.15) is 5.75 Å². The van der Waals surface area contributed by atoms with Crippen molar-refractivity contribution in [2.24, 2.45) is 0 Å². The molecule has 2 aromatic rings. The molecule has 4 rings (SSSR count). The van der Waals surface area contributed by atoms with Crippen LogP contribution in [0.3, 0.4) is 0 Å². The minimum atomic E-state index is 0.100. The summed E-state index contributed by atoms with van der Waals surface area (Å²) in [6.45, 7) is 2.50. The molecule has 0 saturated carbocycles. The first-order chi connectivity index (χ1) is 13.7. The van der Waals surface area contributed by atoms with Crippen molar-refractivity contribution < 1.29 is 14.3 Å². The number of hydrogen-bond donors (Lipinski definition) is 0. The summed E-state index contributed by atoms with van der Waals surface area (Å²) in [6, 6.07) is 12.2. The van der Waals surface area contributed by atoms with E-state index in [1.165, 1.54) is 5.56 Å². The summed E-state index contributed by atoms with van der Waals surface area (Å²) < 4.78 is 10.8. The minimum absolute atomic E-state index is 0.100. The molecule has 0 aliphatic carbocycles. The third kappa shape index (κ3) is 3.62. The highest BCUT2D eigenvalue weighted by Crippen LogP contribution is 2.39. The van der Waals surface area contributed by atoms with Gasteiger partial charge in [0, 0.05) is 50.7 Å². The van der Waals surface area contributed by atoms with Crippen molar-refractivity contribution in [3.63, 3.8) is 0 Å². The topological polar surface area (TPSA) is 54.9 Å². The van der Waals surface area contributed by atoms with Gasteiger partial charge < -0.3 is 14.4 Å². The van der Waals surface area contributed by atoms with E-state index >= 15 is 0 Å². The van der Waals surface area contributed by atoms with E-state index in [1.54, 1.807) is 20.4 Å². The highest BCUT2D eigenvalue weighted by Gasteiger charge is 2.44. The number of hydrogen-bond acceptors (Lipinski definition) is 5. The number of methoxy groups -OCH3 is 2. The Kier molecular flexibility index (Phi) is 5.59. The molecule has 0 spiro atoms. The summed E-state index contributed by atoms with van der Waals surface area (Å²) in [5, 5.41) is 0. The average molecular weight is 381 g/mol. The van der Waals surface area contributed by atoms with Gasteiger partial charge in [0.15, 0.2) is 0 Å². The Morgan fingerprint density at radius 2 is 1.86 bits per heavy atom. The van der Waals surface area contributed by atoms with Crippen molar-refractivity contribution in [1.82, 2.24) is 14.8 Å². The molecule has 6 nitrogen and oxygen atoms in total. The van der Waals surface area contributed by atoms with Crippen LogP contribution in [-0.4, -0.2) is 66.7 Å². The van der Waals surface area contributed by atoms with Gasteiger partial charge in [-0.2, -0.15) is 0 Å². The molecule has 2 fully saturated rings. The molecule has 2 aliphatic rings. The van der Waals surface area contributed by atoms with Crippen LogP contribution < -0.4 is 4.74 Å². The fourth-order valence-electron chi connectivity index (χ4n) is 4.35. The number of ether oxygens (including phenoxy) is 2. The molecule has 2 atom stereocenters. The highest BCUT2D eigenvalue weighted by atomic mass is 16.5. The second-order valence-corrected chi connectivity index (χ2v) is 7.45. The van der Waals surface area contributed by atoms with E-state index in [4.69, 9.17) is 9.47 Å². The zero-order valence-electron chi connectivity index (χ0n) is 16.5. The highest BCUT2D eigenvalue weighted by molar-refractivity contribution is 5.94. The van der Waals surface area contributed by atoms with E-state index < -0.39 is 0 Å². The van der Waals surface area contributed by atoms with Crippen LogP contribution in [0.4, 0.5) is 0 Å². The summed E-state index contributed by atoms with van der Waals surface area (Å²) >= 11 is 0. The number of pyridine rings is 1. The number of rotatable bonds is 5.